The van der Waals surface area contributed by atoms with Crippen molar-refractivity contribution in [2.24, 2.45) is 5.41 Å². The van der Waals surface area contributed by atoms with E-state index in [4.69, 9.17) is 9.52 Å². The van der Waals surface area contributed by atoms with Gasteiger partial charge in [0.05, 0.1) is 11.9 Å². The van der Waals surface area contributed by atoms with Crippen molar-refractivity contribution in [3.63, 3.8) is 0 Å². The number of hydrogen-bond acceptors (Lipinski definition) is 6. The summed E-state index contributed by atoms with van der Waals surface area (Å²) in [5.74, 6) is -0.223. The maximum atomic E-state index is 12.7. The lowest BCUT2D eigenvalue weighted by atomic mass is 9.94. The summed E-state index contributed by atoms with van der Waals surface area (Å²) >= 11 is 0. The molecule has 0 saturated heterocycles. The zero-order chi connectivity index (χ0) is 22.3. The minimum absolute atomic E-state index is 0.00397. The van der Waals surface area contributed by atoms with Crippen molar-refractivity contribution in [1.29, 1.82) is 4.78 Å². The van der Waals surface area contributed by atoms with E-state index >= 15 is 0 Å². The molecule has 8 nitrogen and oxygen atoms in total. The summed E-state index contributed by atoms with van der Waals surface area (Å²) in [5, 5.41) is 5.21. The lowest BCUT2D eigenvalue weighted by molar-refractivity contribution is -0.118. The lowest BCUT2D eigenvalue weighted by Gasteiger charge is -2.24. The Labute approximate surface area is 174 Å². The van der Waals surface area contributed by atoms with E-state index in [0.717, 1.165) is 0 Å². The number of anilines is 1. The number of alkyl carbamates (subject to hydrolysis) is 1. The van der Waals surface area contributed by atoms with Gasteiger partial charge in [0.1, 0.15) is 11.6 Å². The van der Waals surface area contributed by atoms with E-state index in [2.05, 4.69) is 15.6 Å². The summed E-state index contributed by atoms with van der Waals surface area (Å²) in [4.78, 5) is 28.8. The molecule has 1 heterocycles. The Bertz CT molecular complexity index is 781. The normalized spacial score (nSPS) is 15.1. The van der Waals surface area contributed by atoms with E-state index < -0.39 is 33.4 Å². The van der Waals surface area contributed by atoms with Gasteiger partial charge in [-0.25, -0.2) is 9.00 Å². The molecule has 1 aromatic rings. The van der Waals surface area contributed by atoms with Gasteiger partial charge in [-0.05, 0) is 51.2 Å². The Morgan fingerprint density at radius 3 is 2.38 bits per heavy atom. The van der Waals surface area contributed by atoms with Gasteiger partial charge in [0.15, 0.2) is 0 Å². The zero-order valence-corrected chi connectivity index (χ0v) is 19.0. The van der Waals surface area contributed by atoms with Crippen LogP contribution in [-0.2, 0) is 19.3 Å². The molecular weight excluding hydrogens is 392 g/mol. The molecule has 2 amide bonds. The molecular formula is C20H34N4O4S. The van der Waals surface area contributed by atoms with Gasteiger partial charge in [0.25, 0.3) is 0 Å². The first-order valence-electron chi connectivity index (χ1n) is 9.61. The van der Waals surface area contributed by atoms with Gasteiger partial charge in [-0.15, -0.1) is 0 Å². The van der Waals surface area contributed by atoms with E-state index in [1.807, 2.05) is 20.8 Å². The van der Waals surface area contributed by atoms with Crippen molar-refractivity contribution < 1.29 is 18.5 Å². The fourth-order valence-corrected chi connectivity index (χ4v) is 4.03. The van der Waals surface area contributed by atoms with Crippen LogP contribution in [-0.4, -0.2) is 44.3 Å². The lowest BCUT2D eigenvalue weighted by Crippen LogP contribution is -2.46. The third kappa shape index (κ3) is 11.4. The number of rotatable bonds is 8. The number of amides is 2. The van der Waals surface area contributed by atoms with E-state index in [1.54, 1.807) is 39.1 Å². The number of ether oxygens (including phenoxy) is 1. The maximum absolute atomic E-state index is 12.7. The smallest absolute Gasteiger partial charge is 0.408 e. The molecule has 29 heavy (non-hydrogen) atoms. The second-order valence-electron chi connectivity index (χ2n) is 9.25. The highest BCUT2D eigenvalue weighted by Gasteiger charge is 2.26. The molecule has 0 aliphatic rings. The Kier molecular flexibility index (Phi) is 8.62. The van der Waals surface area contributed by atoms with Crippen molar-refractivity contribution in [2.75, 3.05) is 16.8 Å². The molecule has 0 aromatic carbocycles. The van der Waals surface area contributed by atoms with Gasteiger partial charge in [0.2, 0.25) is 5.91 Å². The molecule has 0 aliphatic heterocycles. The van der Waals surface area contributed by atoms with Gasteiger partial charge in [-0.3, -0.25) is 14.6 Å². The highest BCUT2D eigenvalue weighted by atomic mass is 32.2. The van der Waals surface area contributed by atoms with Crippen LogP contribution in [0.25, 0.3) is 0 Å². The van der Waals surface area contributed by atoms with Gasteiger partial charge in [0, 0.05) is 27.4 Å². The van der Waals surface area contributed by atoms with E-state index in [9.17, 15) is 13.8 Å². The standard InChI is InChI=1S/C20H34N4O4S/c1-19(2,3)10-13-29(21,27)12-9-16(24-18(26)28-20(4,5)6)17(25)23-15-8-7-11-22-14-15/h7-8,11,14,16,21H,9-10,12-13H2,1-6H3,(H,23,25)(H,24,26)/t16-,29?/m0/s1. The number of aromatic nitrogens is 1. The number of nitrogens with one attached hydrogen (secondary N) is 3. The first-order chi connectivity index (χ1) is 13.2. The largest absolute Gasteiger partial charge is 0.444 e. The Hall–Kier alpha value is -2.16. The number of carbonyl (C=O) groups is 2. The van der Waals surface area contributed by atoms with Crippen LogP contribution < -0.4 is 10.6 Å². The van der Waals surface area contributed by atoms with Gasteiger partial charge in [-0.1, -0.05) is 20.8 Å². The molecule has 3 N–H and O–H groups in total. The molecule has 164 valence electrons. The molecule has 2 atom stereocenters. The predicted octanol–water partition coefficient (Wildman–Crippen LogP) is 3.79. The highest BCUT2D eigenvalue weighted by molar-refractivity contribution is 7.92. The molecule has 1 unspecified atom stereocenters. The zero-order valence-electron chi connectivity index (χ0n) is 18.2. The molecule has 0 aliphatic carbocycles. The van der Waals surface area contributed by atoms with Gasteiger partial charge < -0.3 is 15.4 Å². The summed E-state index contributed by atoms with van der Waals surface area (Å²) in [6, 6.07) is 2.37. The molecule has 1 rings (SSSR count). The van der Waals surface area contributed by atoms with Crippen molar-refractivity contribution >= 4 is 27.4 Å². The first kappa shape index (κ1) is 24.9. The molecule has 9 heteroatoms. The highest BCUT2D eigenvalue weighted by Crippen LogP contribution is 2.20. The van der Waals surface area contributed by atoms with E-state index in [1.165, 1.54) is 6.20 Å². The molecule has 0 bridgehead atoms. The van der Waals surface area contributed by atoms with E-state index in [-0.39, 0.29) is 23.3 Å². The topological polar surface area (TPSA) is 121 Å². The maximum Gasteiger partial charge on any atom is 0.408 e. The van der Waals surface area contributed by atoms with Gasteiger partial charge >= 0.3 is 6.09 Å². The van der Waals surface area contributed by atoms with Crippen LogP contribution in [0.3, 0.4) is 0 Å². The molecule has 0 saturated carbocycles. The summed E-state index contributed by atoms with van der Waals surface area (Å²) in [5.41, 5.74) is -0.271. The number of pyridine rings is 1. The molecule has 0 fully saturated rings. The van der Waals surface area contributed by atoms with Crippen LogP contribution in [0.1, 0.15) is 54.4 Å². The van der Waals surface area contributed by atoms with Crippen molar-refractivity contribution in [2.45, 2.75) is 66.0 Å². The third-order valence-electron chi connectivity index (χ3n) is 3.85. The fourth-order valence-electron chi connectivity index (χ4n) is 2.27. The Morgan fingerprint density at radius 2 is 1.86 bits per heavy atom. The van der Waals surface area contributed by atoms with Crippen molar-refractivity contribution in [3.8, 4) is 0 Å². The minimum atomic E-state index is -2.87. The van der Waals surface area contributed by atoms with Crippen LogP contribution in [0, 0.1) is 10.2 Å². The van der Waals surface area contributed by atoms with Crippen LogP contribution in [0.2, 0.25) is 0 Å². The van der Waals surface area contributed by atoms with E-state index in [0.29, 0.717) is 12.1 Å². The summed E-state index contributed by atoms with van der Waals surface area (Å²) < 4.78 is 26.0. The quantitative estimate of drug-likeness (QED) is 0.584. The average molecular weight is 427 g/mol. The summed E-state index contributed by atoms with van der Waals surface area (Å²) in [6.07, 6.45) is 3.03. The van der Waals surface area contributed by atoms with Crippen LogP contribution in [0.5, 0.6) is 0 Å². The monoisotopic (exact) mass is 426 g/mol. The average Bonchev–Trinajstić information content (AvgIpc) is 2.55. The number of carbonyl (C=O) groups excluding carboxylic acids is 2. The van der Waals surface area contributed by atoms with Gasteiger partial charge in [-0.2, -0.15) is 0 Å². The second-order valence-corrected chi connectivity index (χ2v) is 11.7. The predicted molar refractivity (Wildman–Crippen MR) is 115 cm³/mol. The molecule has 1 aromatic heterocycles. The first-order valence-corrected chi connectivity index (χ1v) is 11.5. The Balaban J connectivity index is 2.83. The second kappa shape index (κ2) is 10.0. The van der Waals surface area contributed by atoms with Crippen LogP contribution >= 0.6 is 0 Å². The van der Waals surface area contributed by atoms with Crippen LogP contribution in [0.4, 0.5) is 10.5 Å². The van der Waals surface area contributed by atoms with Crippen molar-refractivity contribution in [1.82, 2.24) is 10.3 Å². The number of hydrogen-bond donors (Lipinski definition) is 3. The van der Waals surface area contributed by atoms with Crippen molar-refractivity contribution in [3.05, 3.63) is 24.5 Å². The summed E-state index contributed by atoms with van der Waals surface area (Å²) in [7, 11) is -2.87. The summed E-state index contributed by atoms with van der Waals surface area (Å²) in [6.45, 7) is 11.2. The molecule has 0 spiro atoms. The number of nitrogens with zero attached hydrogens (tertiary/aromatic N) is 1. The SMILES string of the molecule is CC(C)(C)CCS(=N)(=O)CC[C@H](NC(=O)OC(C)(C)C)C(=O)Nc1cccnc1. The molecule has 0 radical (unpaired) electrons. The fraction of sp³-hybridized carbons (Fsp3) is 0.650. The third-order valence-corrected chi connectivity index (χ3v) is 5.61. The van der Waals surface area contributed by atoms with Crippen LogP contribution in [0.15, 0.2) is 24.5 Å². The Morgan fingerprint density at radius 1 is 1.21 bits per heavy atom. The minimum Gasteiger partial charge on any atom is -0.444 e.